The van der Waals surface area contributed by atoms with Crippen molar-refractivity contribution in [2.24, 2.45) is 5.92 Å². The predicted molar refractivity (Wildman–Crippen MR) is 73.2 cm³/mol. The van der Waals surface area contributed by atoms with Gasteiger partial charge >= 0.3 is 12.0 Å². The first-order chi connectivity index (χ1) is 9.31. The minimum Gasteiger partial charge on any atom is -0.481 e. The predicted octanol–water partition coefficient (Wildman–Crippen LogP) is 0.406. The molecule has 20 heavy (non-hydrogen) atoms. The minimum atomic E-state index is -0.881. The molecule has 1 saturated heterocycles. The van der Waals surface area contributed by atoms with E-state index in [1.807, 2.05) is 13.8 Å². The Hall–Kier alpha value is -1.79. The average molecular weight is 285 g/mol. The summed E-state index contributed by atoms with van der Waals surface area (Å²) in [6, 6.07) is -1.02. The lowest BCUT2D eigenvalue weighted by Crippen LogP contribution is -2.53. The molecule has 1 unspecified atom stereocenters. The van der Waals surface area contributed by atoms with Gasteiger partial charge in [0.25, 0.3) is 0 Å². The van der Waals surface area contributed by atoms with Crippen molar-refractivity contribution >= 4 is 17.9 Å². The summed E-state index contributed by atoms with van der Waals surface area (Å²) in [7, 11) is 0. The number of likely N-dealkylation sites (tertiary alicyclic amines) is 1. The van der Waals surface area contributed by atoms with E-state index in [2.05, 4.69) is 10.6 Å². The molecule has 0 aromatic carbocycles. The van der Waals surface area contributed by atoms with Crippen LogP contribution in [0.25, 0.3) is 0 Å². The maximum atomic E-state index is 12.0. The molecule has 0 radical (unpaired) electrons. The van der Waals surface area contributed by atoms with E-state index < -0.39 is 17.9 Å². The number of rotatable bonds is 4. The molecule has 3 amide bonds. The number of urea groups is 1. The number of piperidine rings is 1. The Bertz CT molecular complexity index is 384. The number of hydrogen-bond donors (Lipinski definition) is 3. The van der Waals surface area contributed by atoms with Gasteiger partial charge in [-0.25, -0.2) is 4.79 Å². The first-order valence-electron chi connectivity index (χ1n) is 6.90. The number of carbonyl (C=O) groups is 3. The van der Waals surface area contributed by atoms with Gasteiger partial charge in [0.05, 0.1) is 5.92 Å². The summed E-state index contributed by atoms with van der Waals surface area (Å²) in [5, 5.41) is 14.3. The van der Waals surface area contributed by atoms with E-state index in [1.165, 1.54) is 4.90 Å². The van der Waals surface area contributed by atoms with E-state index in [0.717, 1.165) is 0 Å². The quantitative estimate of drug-likeness (QED) is 0.696. The number of carbonyl (C=O) groups excluding carboxylic acids is 2. The number of carboxylic acids is 1. The van der Waals surface area contributed by atoms with E-state index in [0.29, 0.717) is 19.4 Å². The molecule has 0 saturated carbocycles. The number of carboxylic acid groups (broad SMARTS) is 1. The van der Waals surface area contributed by atoms with Gasteiger partial charge in [-0.3, -0.25) is 9.59 Å². The molecule has 3 N–H and O–H groups in total. The number of nitrogens with zero attached hydrogens (tertiary/aromatic N) is 1. The molecule has 1 rings (SSSR count). The minimum absolute atomic E-state index is 0.00762. The average Bonchev–Trinajstić information content (AvgIpc) is 2.37. The van der Waals surface area contributed by atoms with Crippen molar-refractivity contribution in [3.8, 4) is 0 Å². The zero-order valence-corrected chi connectivity index (χ0v) is 12.2. The molecular formula is C13H23N3O4. The lowest BCUT2D eigenvalue weighted by Gasteiger charge is -2.31. The van der Waals surface area contributed by atoms with Gasteiger partial charge in [-0.2, -0.15) is 0 Å². The fraction of sp³-hybridized carbons (Fsp3) is 0.769. The third-order valence-corrected chi connectivity index (χ3v) is 3.22. The van der Waals surface area contributed by atoms with Crippen molar-refractivity contribution in [2.45, 2.75) is 45.7 Å². The largest absolute Gasteiger partial charge is 0.481 e. The standard InChI is InChI=1S/C13H23N3O4/c1-8(2)14-11(17)9(3)15-13(20)16-6-4-5-10(7-16)12(18)19/h8-10H,4-7H2,1-3H3,(H,14,17)(H,15,20)(H,18,19)/t9?,10-/m0/s1. The number of aliphatic carboxylic acids is 1. The summed E-state index contributed by atoms with van der Waals surface area (Å²) in [4.78, 5) is 36.1. The highest BCUT2D eigenvalue weighted by Gasteiger charge is 2.29. The fourth-order valence-corrected chi connectivity index (χ4v) is 2.11. The summed E-state index contributed by atoms with van der Waals surface area (Å²) < 4.78 is 0. The van der Waals surface area contributed by atoms with Gasteiger partial charge in [0, 0.05) is 19.1 Å². The van der Waals surface area contributed by atoms with E-state index in [1.54, 1.807) is 6.92 Å². The third kappa shape index (κ3) is 4.71. The Kier molecular flexibility index (Phi) is 5.79. The SMILES string of the molecule is CC(C)NC(=O)C(C)NC(=O)N1CCC[C@H](C(=O)O)C1. The van der Waals surface area contributed by atoms with E-state index >= 15 is 0 Å². The maximum absolute atomic E-state index is 12.0. The van der Waals surface area contributed by atoms with Crippen molar-refractivity contribution < 1.29 is 19.5 Å². The first-order valence-corrected chi connectivity index (χ1v) is 6.90. The van der Waals surface area contributed by atoms with Crippen LogP contribution in [-0.2, 0) is 9.59 Å². The molecular weight excluding hydrogens is 262 g/mol. The Labute approximate surface area is 118 Å². The zero-order valence-electron chi connectivity index (χ0n) is 12.2. The molecule has 7 heteroatoms. The lowest BCUT2D eigenvalue weighted by atomic mass is 9.99. The Morgan fingerprint density at radius 1 is 1.20 bits per heavy atom. The second-order valence-corrected chi connectivity index (χ2v) is 5.46. The van der Waals surface area contributed by atoms with E-state index in [4.69, 9.17) is 5.11 Å². The monoisotopic (exact) mass is 285 g/mol. The van der Waals surface area contributed by atoms with Crippen LogP contribution in [0.2, 0.25) is 0 Å². The molecule has 114 valence electrons. The summed E-state index contributed by atoms with van der Waals surface area (Å²) in [6.07, 6.45) is 1.25. The Morgan fingerprint density at radius 3 is 2.40 bits per heavy atom. The van der Waals surface area contributed by atoms with E-state index in [9.17, 15) is 14.4 Å². The molecule has 0 aromatic heterocycles. The lowest BCUT2D eigenvalue weighted by molar-refractivity contribution is -0.143. The molecule has 1 fully saturated rings. The summed E-state index contributed by atoms with van der Waals surface area (Å²) in [5.41, 5.74) is 0. The normalized spacial score (nSPS) is 20.4. The van der Waals surface area contributed by atoms with Crippen molar-refractivity contribution in [3.05, 3.63) is 0 Å². The van der Waals surface area contributed by atoms with Gasteiger partial charge < -0.3 is 20.6 Å². The molecule has 0 bridgehead atoms. The fourth-order valence-electron chi connectivity index (χ4n) is 2.11. The summed E-state index contributed by atoms with van der Waals surface area (Å²) in [6.45, 7) is 6.01. The van der Waals surface area contributed by atoms with Crippen LogP contribution in [0, 0.1) is 5.92 Å². The highest BCUT2D eigenvalue weighted by Crippen LogP contribution is 2.16. The highest BCUT2D eigenvalue weighted by molar-refractivity contribution is 5.87. The van der Waals surface area contributed by atoms with Crippen LogP contribution in [0.3, 0.4) is 0 Å². The van der Waals surface area contributed by atoms with Gasteiger partial charge in [0.1, 0.15) is 6.04 Å². The topological polar surface area (TPSA) is 98.7 Å². The maximum Gasteiger partial charge on any atom is 0.318 e. The number of amides is 3. The molecule has 0 aliphatic carbocycles. The number of hydrogen-bond acceptors (Lipinski definition) is 3. The molecule has 1 aliphatic rings. The van der Waals surface area contributed by atoms with Gasteiger partial charge in [-0.15, -0.1) is 0 Å². The van der Waals surface area contributed by atoms with Gasteiger partial charge in [-0.1, -0.05) is 0 Å². The molecule has 2 atom stereocenters. The van der Waals surface area contributed by atoms with Crippen LogP contribution in [-0.4, -0.2) is 53.1 Å². The Morgan fingerprint density at radius 2 is 1.85 bits per heavy atom. The molecule has 1 aliphatic heterocycles. The third-order valence-electron chi connectivity index (χ3n) is 3.22. The molecule has 0 spiro atoms. The van der Waals surface area contributed by atoms with Crippen LogP contribution in [0.15, 0.2) is 0 Å². The van der Waals surface area contributed by atoms with E-state index in [-0.39, 0.29) is 24.5 Å². The number of nitrogens with one attached hydrogen (secondary N) is 2. The van der Waals surface area contributed by atoms with Gasteiger partial charge in [0.2, 0.25) is 5.91 Å². The Balaban J connectivity index is 2.49. The second-order valence-electron chi connectivity index (χ2n) is 5.46. The molecule has 1 heterocycles. The summed E-state index contributed by atoms with van der Waals surface area (Å²) >= 11 is 0. The molecule has 7 nitrogen and oxygen atoms in total. The highest BCUT2D eigenvalue weighted by atomic mass is 16.4. The smallest absolute Gasteiger partial charge is 0.318 e. The van der Waals surface area contributed by atoms with Crippen molar-refractivity contribution in [2.75, 3.05) is 13.1 Å². The van der Waals surface area contributed by atoms with Crippen molar-refractivity contribution in [3.63, 3.8) is 0 Å². The van der Waals surface area contributed by atoms with Crippen molar-refractivity contribution in [1.82, 2.24) is 15.5 Å². The van der Waals surface area contributed by atoms with Crippen LogP contribution in [0.4, 0.5) is 4.79 Å². The van der Waals surface area contributed by atoms with Crippen LogP contribution in [0.1, 0.15) is 33.6 Å². The van der Waals surface area contributed by atoms with Crippen LogP contribution in [0.5, 0.6) is 0 Å². The van der Waals surface area contributed by atoms with Crippen LogP contribution < -0.4 is 10.6 Å². The zero-order chi connectivity index (χ0) is 15.3. The molecule has 0 aromatic rings. The van der Waals surface area contributed by atoms with Crippen LogP contribution >= 0.6 is 0 Å². The van der Waals surface area contributed by atoms with Gasteiger partial charge in [-0.05, 0) is 33.6 Å². The second kappa shape index (κ2) is 7.12. The van der Waals surface area contributed by atoms with Crippen molar-refractivity contribution in [1.29, 1.82) is 0 Å². The first kappa shape index (κ1) is 16.3. The summed E-state index contributed by atoms with van der Waals surface area (Å²) in [5.74, 6) is -1.65. The van der Waals surface area contributed by atoms with Gasteiger partial charge in [0.15, 0.2) is 0 Å².